The number of hydrogen-bond donors (Lipinski definition) is 1. The third kappa shape index (κ3) is 5.39. The molecule has 0 amide bonds. The molecule has 0 fully saturated rings. The summed E-state index contributed by atoms with van der Waals surface area (Å²) in [6.45, 7) is 7.82. The van der Waals surface area contributed by atoms with E-state index in [0.717, 1.165) is 24.9 Å². The maximum absolute atomic E-state index is 13.4. The van der Waals surface area contributed by atoms with E-state index in [4.69, 9.17) is 16.3 Å². The van der Waals surface area contributed by atoms with Gasteiger partial charge in [0.2, 0.25) is 0 Å². The van der Waals surface area contributed by atoms with E-state index in [0.29, 0.717) is 18.1 Å². The molecule has 0 aliphatic rings. The first-order chi connectivity index (χ1) is 9.62. The van der Waals surface area contributed by atoms with Crippen LogP contribution < -0.4 is 5.32 Å². The molecule has 0 bridgehead atoms. The summed E-state index contributed by atoms with van der Waals surface area (Å²) in [6, 6.07) is 4.67. The van der Waals surface area contributed by atoms with Crippen LogP contribution in [-0.4, -0.2) is 25.3 Å². The molecular formula is C16H25ClFNO. The summed E-state index contributed by atoms with van der Waals surface area (Å²) in [7, 11) is 0. The van der Waals surface area contributed by atoms with Crippen LogP contribution >= 0.6 is 11.6 Å². The van der Waals surface area contributed by atoms with Gasteiger partial charge in [0.15, 0.2) is 0 Å². The monoisotopic (exact) mass is 301 g/mol. The molecule has 0 heterocycles. The number of ether oxygens (including phenoxy) is 1. The molecule has 4 heteroatoms. The number of rotatable bonds is 9. The molecule has 0 aromatic heterocycles. The first-order valence-corrected chi connectivity index (χ1v) is 7.79. The Hall–Kier alpha value is -0.640. The quantitative estimate of drug-likeness (QED) is 0.738. The van der Waals surface area contributed by atoms with Crippen molar-refractivity contribution in [3.8, 4) is 0 Å². The molecule has 2 unspecified atom stereocenters. The average molecular weight is 302 g/mol. The summed E-state index contributed by atoms with van der Waals surface area (Å²) in [4.78, 5) is 0. The molecule has 0 radical (unpaired) electrons. The highest BCUT2D eigenvalue weighted by atomic mass is 35.5. The smallest absolute Gasteiger partial charge is 0.123 e. The van der Waals surface area contributed by atoms with Gasteiger partial charge >= 0.3 is 0 Å². The van der Waals surface area contributed by atoms with Crippen molar-refractivity contribution in [1.29, 1.82) is 0 Å². The van der Waals surface area contributed by atoms with E-state index in [1.54, 1.807) is 6.07 Å². The first kappa shape index (κ1) is 17.4. The second-order valence-electron chi connectivity index (χ2n) is 4.90. The largest absolute Gasteiger partial charge is 0.377 e. The van der Waals surface area contributed by atoms with Gasteiger partial charge in [-0.25, -0.2) is 4.39 Å². The normalized spacial score (nSPS) is 14.2. The zero-order valence-electron chi connectivity index (χ0n) is 12.6. The SMILES string of the molecule is CCCNC(Cc1cc(F)ccc1Cl)C(CC)OCC. The fraction of sp³-hybridized carbons (Fsp3) is 0.625. The lowest BCUT2D eigenvalue weighted by Gasteiger charge is -2.27. The Labute approximate surface area is 126 Å². The van der Waals surface area contributed by atoms with Crippen LogP contribution in [0.25, 0.3) is 0 Å². The van der Waals surface area contributed by atoms with Crippen LogP contribution in [0.3, 0.4) is 0 Å². The van der Waals surface area contributed by atoms with E-state index in [1.807, 2.05) is 6.92 Å². The second kappa shape index (κ2) is 9.32. The van der Waals surface area contributed by atoms with E-state index in [1.165, 1.54) is 12.1 Å². The molecule has 20 heavy (non-hydrogen) atoms. The highest BCUT2D eigenvalue weighted by Crippen LogP contribution is 2.21. The summed E-state index contributed by atoms with van der Waals surface area (Å²) in [6.07, 6.45) is 2.76. The Bertz CT molecular complexity index is 400. The van der Waals surface area contributed by atoms with E-state index >= 15 is 0 Å². The van der Waals surface area contributed by atoms with Crippen molar-refractivity contribution < 1.29 is 9.13 Å². The fourth-order valence-corrected chi connectivity index (χ4v) is 2.53. The lowest BCUT2D eigenvalue weighted by atomic mass is 9.99. The van der Waals surface area contributed by atoms with Gasteiger partial charge in [0, 0.05) is 17.7 Å². The van der Waals surface area contributed by atoms with Crippen LogP contribution in [0.5, 0.6) is 0 Å². The molecule has 0 saturated carbocycles. The van der Waals surface area contributed by atoms with E-state index in [2.05, 4.69) is 19.2 Å². The molecule has 1 aromatic carbocycles. The first-order valence-electron chi connectivity index (χ1n) is 7.41. The van der Waals surface area contributed by atoms with Gasteiger partial charge in [0.1, 0.15) is 5.82 Å². The van der Waals surface area contributed by atoms with Crippen molar-refractivity contribution in [1.82, 2.24) is 5.32 Å². The van der Waals surface area contributed by atoms with E-state index in [9.17, 15) is 4.39 Å². The van der Waals surface area contributed by atoms with Crippen LogP contribution in [0.15, 0.2) is 18.2 Å². The summed E-state index contributed by atoms with van der Waals surface area (Å²) in [5, 5.41) is 4.11. The maximum Gasteiger partial charge on any atom is 0.123 e. The van der Waals surface area contributed by atoms with Crippen LogP contribution in [0.4, 0.5) is 4.39 Å². The molecule has 0 spiro atoms. The van der Waals surface area contributed by atoms with Crippen molar-refractivity contribution in [2.75, 3.05) is 13.2 Å². The van der Waals surface area contributed by atoms with Crippen molar-refractivity contribution in [2.45, 2.75) is 52.2 Å². The van der Waals surface area contributed by atoms with Crippen molar-refractivity contribution in [3.05, 3.63) is 34.6 Å². The third-order valence-electron chi connectivity index (χ3n) is 3.34. The van der Waals surface area contributed by atoms with Crippen molar-refractivity contribution in [3.63, 3.8) is 0 Å². The van der Waals surface area contributed by atoms with Gasteiger partial charge in [0.05, 0.1) is 6.10 Å². The highest BCUT2D eigenvalue weighted by molar-refractivity contribution is 6.31. The van der Waals surface area contributed by atoms with Crippen LogP contribution in [0.1, 0.15) is 39.2 Å². The molecule has 1 rings (SSSR count). The summed E-state index contributed by atoms with van der Waals surface area (Å²) in [5.74, 6) is -0.247. The number of hydrogen-bond acceptors (Lipinski definition) is 2. The number of nitrogens with one attached hydrogen (secondary N) is 1. The molecule has 0 saturated heterocycles. The molecule has 0 aliphatic carbocycles. The van der Waals surface area contributed by atoms with Gasteiger partial charge in [-0.3, -0.25) is 0 Å². The van der Waals surface area contributed by atoms with Gasteiger partial charge in [-0.1, -0.05) is 25.4 Å². The highest BCUT2D eigenvalue weighted by Gasteiger charge is 2.21. The minimum atomic E-state index is -0.247. The maximum atomic E-state index is 13.4. The van der Waals surface area contributed by atoms with Gasteiger partial charge in [-0.15, -0.1) is 0 Å². The predicted molar refractivity (Wildman–Crippen MR) is 82.9 cm³/mol. The minimum absolute atomic E-state index is 0.117. The van der Waals surface area contributed by atoms with Crippen LogP contribution in [-0.2, 0) is 11.2 Å². The van der Waals surface area contributed by atoms with Gasteiger partial charge < -0.3 is 10.1 Å². The predicted octanol–water partition coefficient (Wildman–Crippen LogP) is 4.20. The van der Waals surface area contributed by atoms with Crippen LogP contribution in [0.2, 0.25) is 5.02 Å². The molecule has 2 nitrogen and oxygen atoms in total. The van der Waals surface area contributed by atoms with Gasteiger partial charge in [-0.2, -0.15) is 0 Å². The standard InChI is InChI=1S/C16H25ClFNO/c1-4-9-19-15(16(5-2)20-6-3)11-12-10-13(18)7-8-14(12)17/h7-8,10,15-16,19H,4-6,9,11H2,1-3H3. The van der Waals surface area contributed by atoms with Crippen molar-refractivity contribution in [2.24, 2.45) is 0 Å². The molecular weight excluding hydrogens is 277 g/mol. The third-order valence-corrected chi connectivity index (χ3v) is 3.70. The van der Waals surface area contributed by atoms with Crippen molar-refractivity contribution >= 4 is 11.6 Å². The summed E-state index contributed by atoms with van der Waals surface area (Å²) < 4.78 is 19.2. The zero-order chi connectivity index (χ0) is 15.0. The zero-order valence-corrected chi connectivity index (χ0v) is 13.3. The van der Waals surface area contributed by atoms with E-state index in [-0.39, 0.29) is 18.0 Å². The summed E-state index contributed by atoms with van der Waals surface area (Å²) >= 11 is 6.16. The molecule has 1 aromatic rings. The fourth-order valence-electron chi connectivity index (χ4n) is 2.33. The lowest BCUT2D eigenvalue weighted by Crippen LogP contribution is -2.43. The Morgan fingerprint density at radius 1 is 1.30 bits per heavy atom. The lowest BCUT2D eigenvalue weighted by molar-refractivity contribution is 0.0319. The Morgan fingerprint density at radius 2 is 2.05 bits per heavy atom. The summed E-state index contributed by atoms with van der Waals surface area (Å²) in [5.41, 5.74) is 0.832. The second-order valence-corrected chi connectivity index (χ2v) is 5.31. The Kier molecular flexibility index (Phi) is 8.12. The van der Waals surface area contributed by atoms with Gasteiger partial charge in [0.25, 0.3) is 0 Å². The molecule has 2 atom stereocenters. The molecule has 0 aliphatic heterocycles. The van der Waals surface area contributed by atoms with Gasteiger partial charge in [-0.05, 0) is 56.5 Å². The van der Waals surface area contributed by atoms with E-state index < -0.39 is 0 Å². The average Bonchev–Trinajstić information content (AvgIpc) is 2.44. The Balaban J connectivity index is 2.84. The molecule has 114 valence electrons. The minimum Gasteiger partial charge on any atom is -0.377 e. The van der Waals surface area contributed by atoms with Crippen LogP contribution in [0, 0.1) is 5.82 Å². The number of halogens is 2. The molecule has 1 N–H and O–H groups in total. The Morgan fingerprint density at radius 3 is 2.65 bits per heavy atom. The number of benzene rings is 1. The topological polar surface area (TPSA) is 21.3 Å².